The zero-order valence-electron chi connectivity index (χ0n) is 12.9. The third-order valence-electron chi connectivity index (χ3n) is 4.33. The van der Waals surface area contributed by atoms with E-state index in [4.69, 9.17) is 4.52 Å². The largest absolute Gasteiger partial charge is 0.339 e. The minimum absolute atomic E-state index is 0.473. The number of likely N-dealkylation sites (N-methyl/N-ethyl adjacent to an activating group) is 2. The maximum atomic E-state index is 5.43. The second-order valence-corrected chi connectivity index (χ2v) is 7.29. The molecule has 2 aliphatic rings. The molecule has 0 radical (unpaired) electrons. The van der Waals surface area contributed by atoms with Crippen molar-refractivity contribution < 1.29 is 4.52 Å². The van der Waals surface area contributed by atoms with E-state index in [2.05, 4.69) is 39.4 Å². The van der Waals surface area contributed by atoms with Crippen molar-refractivity contribution in [1.29, 1.82) is 0 Å². The van der Waals surface area contributed by atoms with Crippen LogP contribution >= 0.6 is 11.8 Å². The molecule has 0 aromatic carbocycles. The third kappa shape index (κ3) is 4.18. The number of rotatable bonds is 4. The Morgan fingerprint density at radius 3 is 3.05 bits per heavy atom. The van der Waals surface area contributed by atoms with Gasteiger partial charge in [0.05, 0.1) is 0 Å². The van der Waals surface area contributed by atoms with E-state index in [0.717, 1.165) is 56.5 Å². The molecular formula is C14H25N5OS. The lowest BCUT2D eigenvalue weighted by molar-refractivity contribution is 0.113. The fourth-order valence-electron chi connectivity index (χ4n) is 2.95. The molecule has 0 aliphatic carbocycles. The standard InChI is InChI=1S/C14H25N5OS/c1-18-4-5-19(2)12(9-18)8-13-16-14(20-17-13)7-11-10-21-6-3-15-11/h11-12,15H,3-10H2,1-2H3. The predicted molar refractivity (Wildman–Crippen MR) is 84.7 cm³/mol. The zero-order chi connectivity index (χ0) is 14.7. The molecule has 7 heteroatoms. The molecule has 118 valence electrons. The van der Waals surface area contributed by atoms with Crippen molar-refractivity contribution in [2.75, 3.05) is 51.8 Å². The zero-order valence-corrected chi connectivity index (χ0v) is 13.7. The average Bonchev–Trinajstić information content (AvgIpc) is 2.91. The minimum atomic E-state index is 0.473. The van der Waals surface area contributed by atoms with Crippen LogP contribution in [0.4, 0.5) is 0 Å². The van der Waals surface area contributed by atoms with Crippen LogP contribution < -0.4 is 5.32 Å². The second kappa shape index (κ2) is 7.09. The second-order valence-electron chi connectivity index (χ2n) is 6.14. The van der Waals surface area contributed by atoms with Crippen LogP contribution in [0.15, 0.2) is 4.52 Å². The number of hydrogen-bond donors (Lipinski definition) is 1. The van der Waals surface area contributed by atoms with Crippen molar-refractivity contribution in [3.05, 3.63) is 11.7 Å². The monoisotopic (exact) mass is 311 g/mol. The lowest BCUT2D eigenvalue weighted by Crippen LogP contribution is -2.50. The van der Waals surface area contributed by atoms with E-state index in [1.807, 2.05) is 11.8 Å². The molecule has 2 unspecified atom stereocenters. The maximum Gasteiger partial charge on any atom is 0.228 e. The van der Waals surface area contributed by atoms with Crippen molar-refractivity contribution >= 4 is 11.8 Å². The van der Waals surface area contributed by atoms with Crippen molar-refractivity contribution in [3.8, 4) is 0 Å². The van der Waals surface area contributed by atoms with Crippen LogP contribution in [0.25, 0.3) is 0 Å². The van der Waals surface area contributed by atoms with Gasteiger partial charge in [-0.1, -0.05) is 5.16 Å². The highest BCUT2D eigenvalue weighted by molar-refractivity contribution is 7.99. The number of nitrogens with zero attached hydrogens (tertiary/aromatic N) is 4. The van der Waals surface area contributed by atoms with Crippen molar-refractivity contribution in [1.82, 2.24) is 25.3 Å². The van der Waals surface area contributed by atoms with Gasteiger partial charge in [0.1, 0.15) is 0 Å². The molecule has 2 aliphatic heterocycles. The number of hydrogen-bond acceptors (Lipinski definition) is 7. The molecule has 0 spiro atoms. The Morgan fingerprint density at radius 1 is 1.33 bits per heavy atom. The summed E-state index contributed by atoms with van der Waals surface area (Å²) in [5, 5.41) is 7.68. The molecule has 21 heavy (non-hydrogen) atoms. The van der Waals surface area contributed by atoms with Crippen LogP contribution in [-0.4, -0.2) is 83.8 Å². The van der Waals surface area contributed by atoms with E-state index >= 15 is 0 Å². The van der Waals surface area contributed by atoms with Crippen molar-refractivity contribution in [2.24, 2.45) is 0 Å². The average molecular weight is 311 g/mol. The van der Waals surface area contributed by atoms with Gasteiger partial charge in [0.2, 0.25) is 5.89 Å². The summed E-state index contributed by atoms with van der Waals surface area (Å²) in [6.07, 6.45) is 1.72. The highest BCUT2D eigenvalue weighted by Crippen LogP contribution is 2.14. The Kier molecular flexibility index (Phi) is 5.15. The Morgan fingerprint density at radius 2 is 2.24 bits per heavy atom. The van der Waals surface area contributed by atoms with Crippen LogP contribution in [0.1, 0.15) is 11.7 Å². The number of piperazine rings is 1. The first kappa shape index (κ1) is 15.3. The molecule has 2 fully saturated rings. The van der Waals surface area contributed by atoms with Gasteiger partial charge in [-0.3, -0.25) is 0 Å². The van der Waals surface area contributed by atoms with Crippen LogP contribution in [0.2, 0.25) is 0 Å². The third-order valence-corrected chi connectivity index (χ3v) is 5.46. The Labute approximate surface area is 130 Å². The fraction of sp³-hybridized carbons (Fsp3) is 0.857. The van der Waals surface area contributed by atoms with Gasteiger partial charge in [-0.25, -0.2) is 0 Å². The van der Waals surface area contributed by atoms with Gasteiger partial charge in [-0.2, -0.15) is 16.7 Å². The van der Waals surface area contributed by atoms with Gasteiger partial charge in [-0.15, -0.1) is 0 Å². The summed E-state index contributed by atoms with van der Waals surface area (Å²) < 4.78 is 5.43. The maximum absolute atomic E-state index is 5.43. The van der Waals surface area contributed by atoms with E-state index < -0.39 is 0 Å². The normalized spacial score (nSPS) is 28.9. The smallest absolute Gasteiger partial charge is 0.228 e. The van der Waals surface area contributed by atoms with Crippen LogP contribution in [0.5, 0.6) is 0 Å². The number of nitrogens with one attached hydrogen (secondary N) is 1. The van der Waals surface area contributed by atoms with E-state index in [1.165, 1.54) is 5.75 Å². The van der Waals surface area contributed by atoms with Crippen molar-refractivity contribution in [3.63, 3.8) is 0 Å². The Bertz CT molecular complexity index is 448. The summed E-state index contributed by atoms with van der Waals surface area (Å²) in [7, 11) is 4.36. The van der Waals surface area contributed by atoms with Gasteiger partial charge in [0.25, 0.3) is 0 Å². The lowest BCUT2D eigenvalue weighted by Gasteiger charge is -2.37. The molecule has 0 saturated carbocycles. The van der Waals surface area contributed by atoms with Crippen LogP contribution in [-0.2, 0) is 12.8 Å². The van der Waals surface area contributed by atoms with E-state index in [9.17, 15) is 0 Å². The first-order valence-corrected chi connectivity index (χ1v) is 8.87. The molecular weight excluding hydrogens is 286 g/mol. The summed E-state index contributed by atoms with van der Waals surface area (Å²) in [6, 6.07) is 0.957. The Balaban J connectivity index is 1.54. The first-order chi connectivity index (χ1) is 10.2. The van der Waals surface area contributed by atoms with Gasteiger partial charge in [0, 0.05) is 62.6 Å². The Hall–Kier alpha value is -0.630. The first-order valence-electron chi connectivity index (χ1n) is 7.72. The van der Waals surface area contributed by atoms with Crippen molar-refractivity contribution in [2.45, 2.75) is 24.9 Å². The van der Waals surface area contributed by atoms with Crippen LogP contribution in [0.3, 0.4) is 0 Å². The number of aromatic nitrogens is 2. The summed E-state index contributed by atoms with van der Waals surface area (Å²) in [5.41, 5.74) is 0. The lowest BCUT2D eigenvalue weighted by atomic mass is 10.1. The van der Waals surface area contributed by atoms with Gasteiger partial charge in [0.15, 0.2) is 5.82 Å². The number of thioether (sulfide) groups is 1. The molecule has 3 rings (SSSR count). The summed E-state index contributed by atoms with van der Waals surface area (Å²) >= 11 is 1.99. The molecule has 3 heterocycles. The SMILES string of the molecule is CN1CCN(C)C(Cc2noc(CC3CSCCN3)n2)C1. The van der Waals surface area contributed by atoms with Gasteiger partial charge >= 0.3 is 0 Å². The summed E-state index contributed by atoms with van der Waals surface area (Å²) in [4.78, 5) is 9.35. The highest BCUT2D eigenvalue weighted by atomic mass is 32.2. The summed E-state index contributed by atoms with van der Waals surface area (Å²) in [5.74, 6) is 3.96. The molecule has 6 nitrogen and oxygen atoms in total. The van der Waals surface area contributed by atoms with E-state index in [-0.39, 0.29) is 0 Å². The van der Waals surface area contributed by atoms with Gasteiger partial charge < -0.3 is 19.6 Å². The molecule has 1 N–H and O–H groups in total. The fourth-order valence-corrected chi connectivity index (χ4v) is 3.90. The topological polar surface area (TPSA) is 57.4 Å². The molecule has 1 aromatic heterocycles. The summed E-state index contributed by atoms with van der Waals surface area (Å²) in [6.45, 7) is 4.39. The minimum Gasteiger partial charge on any atom is -0.339 e. The molecule has 1 aromatic rings. The quantitative estimate of drug-likeness (QED) is 0.846. The highest BCUT2D eigenvalue weighted by Gasteiger charge is 2.24. The molecule has 2 saturated heterocycles. The molecule has 2 atom stereocenters. The molecule has 0 amide bonds. The van der Waals surface area contributed by atoms with Gasteiger partial charge in [-0.05, 0) is 14.1 Å². The predicted octanol–water partition coefficient (Wildman–Crippen LogP) is 0.105. The van der Waals surface area contributed by atoms with Crippen LogP contribution in [0, 0.1) is 0 Å². The van der Waals surface area contributed by atoms with E-state index in [0.29, 0.717) is 12.1 Å². The molecule has 0 bridgehead atoms. The van der Waals surface area contributed by atoms with E-state index in [1.54, 1.807) is 0 Å².